The number of carbonyl (C=O) groups excluding carboxylic acids is 15. The molecule has 122 heavy (non-hydrogen) atoms. The van der Waals surface area contributed by atoms with E-state index in [1.54, 1.807) is 4.90 Å². The molecule has 8 unspecified atom stereocenters. The van der Waals surface area contributed by atoms with E-state index in [9.17, 15) is 71.9 Å². The molecular weight excluding hydrogens is 1600 g/mol. The molecule has 3 aromatic carbocycles. The fourth-order valence-electron chi connectivity index (χ4n) is 14.7. The van der Waals surface area contributed by atoms with Gasteiger partial charge in [-0.25, -0.2) is 0 Å². The molecule has 0 spiro atoms. The van der Waals surface area contributed by atoms with E-state index < -0.39 is 189 Å². The Kier molecular flexibility index (Phi) is 42.7. The van der Waals surface area contributed by atoms with Gasteiger partial charge >= 0.3 is 53.7 Å². The molecule has 0 bridgehead atoms. The molecule has 3 heterocycles. The Bertz CT molecular complexity index is 3820. The number of unbranched alkanes of at least 4 members (excludes halogenated alkanes) is 3. The van der Waals surface area contributed by atoms with Crippen LogP contribution in [0.15, 0.2) is 91.0 Å². The number of hydrogen-bond acceptors (Lipinski definition) is 31. The highest BCUT2D eigenvalue weighted by molar-refractivity contribution is 5.78. The molecule has 15 atom stereocenters. The van der Waals surface area contributed by atoms with Crippen molar-refractivity contribution >= 4 is 89.2 Å². The number of nitrogens with one attached hydrogen (secondary N) is 5. The number of rotatable bonds is 49. The summed E-state index contributed by atoms with van der Waals surface area (Å²) < 4.78 is 85.9. The zero-order valence-electron chi connectivity index (χ0n) is 71.4. The van der Waals surface area contributed by atoms with Crippen LogP contribution >= 0.6 is 0 Å². The van der Waals surface area contributed by atoms with Gasteiger partial charge in [-0.15, -0.1) is 0 Å². The van der Waals surface area contributed by atoms with Gasteiger partial charge in [0.25, 0.3) is 0 Å². The number of hydrogen-bond donors (Lipinski definition) is 5. The molecule has 0 aromatic heterocycles. The van der Waals surface area contributed by atoms with Gasteiger partial charge in [-0.2, -0.15) is 0 Å². The Hall–Kier alpha value is -10.6. The normalized spacial score (nSPS) is 22.4. The van der Waals surface area contributed by atoms with Gasteiger partial charge < -0.3 is 103 Å². The van der Waals surface area contributed by atoms with Gasteiger partial charge in [0, 0.05) is 161 Å². The molecule has 3 aliphatic rings. The van der Waals surface area contributed by atoms with E-state index in [2.05, 4.69) is 67.9 Å². The molecule has 674 valence electrons. The fourth-order valence-corrected chi connectivity index (χ4v) is 14.7. The molecule has 3 aromatic rings. The van der Waals surface area contributed by atoms with Crippen LogP contribution in [0, 0.1) is 0 Å². The zero-order valence-corrected chi connectivity index (χ0v) is 71.4. The number of esters is 9. The summed E-state index contributed by atoms with van der Waals surface area (Å²) >= 11 is 0. The van der Waals surface area contributed by atoms with Crippen molar-refractivity contribution in [1.29, 1.82) is 0 Å². The summed E-state index contributed by atoms with van der Waals surface area (Å²) in [5, 5.41) is 14.1. The van der Waals surface area contributed by atoms with E-state index in [0.29, 0.717) is 58.0 Å². The summed E-state index contributed by atoms with van der Waals surface area (Å²) in [5.41, 5.74) is 1.86. The monoisotopic (exact) mass is 1720 g/mol. The average molecular weight is 1720 g/mol. The maximum Gasteiger partial charge on any atom is 0.303 e. The summed E-state index contributed by atoms with van der Waals surface area (Å²) in [4.78, 5) is 194. The van der Waals surface area contributed by atoms with E-state index in [4.69, 9.17) is 71.1 Å². The molecule has 3 saturated heterocycles. The highest BCUT2D eigenvalue weighted by Gasteiger charge is 2.55. The number of amides is 6. The minimum absolute atomic E-state index is 0.00454. The lowest BCUT2D eigenvalue weighted by atomic mass is 9.75. The first-order valence-corrected chi connectivity index (χ1v) is 41.0. The molecular formula is C85H119N7O30. The predicted molar refractivity (Wildman–Crippen MR) is 429 cm³/mol. The molecule has 6 amide bonds. The average Bonchev–Trinajstić information content (AvgIpc) is 0.738. The number of benzene rings is 3. The smallest absolute Gasteiger partial charge is 0.303 e. The van der Waals surface area contributed by atoms with Crippen LogP contribution in [0.4, 0.5) is 0 Å². The lowest BCUT2D eigenvalue weighted by Crippen LogP contribution is -2.66. The Balaban J connectivity index is 1.20. The van der Waals surface area contributed by atoms with Crippen molar-refractivity contribution in [2.24, 2.45) is 0 Å². The molecule has 0 radical (unpaired) electrons. The highest BCUT2D eigenvalue weighted by atomic mass is 16.7. The second-order valence-corrected chi connectivity index (χ2v) is 29.6. The first kappa shape index (κ1) is 100. The molecule has 5 N–H and O–H groups in total. The zero-order chi connectivity index (χ0) is 89.4. The Morgan fingerprint density at radius 3 is 0.902 bits per heavy atom. The molecule has 37 heteroatoms. The van der Waals surface area contributed by atoms with Crippen molar-refractivity contribution in [3.63, 3.8) is 0 Å². The standard InChI is InChI=1S/C85H119N7O30/c1-52(93)88-73-79(117-61(10)102)76(114-58(7)99)67(49-111-55(4)96)120-82(73)108-46-25-22-37-70(105)86-40-28-42-91(72(107)39-24-27-48-110-84-75(90-54(3)95)81(119-63(12)104)78(116-60(9)101)69(122-84)51-113-57(6)98)43-30-45-92(85(64-31-16-13-17-32-64,65-33-18-14-19-34-65)66-35-20-15-21-36-66)44-29-41-87-71(106)38-23-26-47-109-83-74(89-53(2)94)80(118-62(11)103)77(115-59(8)100)68(121-83)50-112-56(5)97/h13-21,31-36,67-69,73-84H,22-30,37-51H2,1-12H3,(H,86,105)(H,87,106)(H,88,93)(H,89,94)(H,90,95)/t67?,68?,69?,73?,74?,75-,76-,77-,78-,79?,80?,81?,82+,83+,84+/m0/s1. The van der Waals surface area contributed by atoms with Crippen molar-refractivity contribution in [2.45, 2.75) is 258 Å². The van der Waals surface area contributed by atoms with Crippen molar-refractivity contribution in [3.8, 4) is 0 Å². The second kappa shape index (κ2) is 52.0. The van der Waals surface area contributed by atoms with E-state index in [0.717, 1.165) is 72.1 Å². The summed E-state index contributed by atoms with van der Waals surface area (Å²) in [7, 11) is 0. The summed E-state index contributed by atoms with van der Waals surface area (Å²) in [5.74, 6) is -9.09. The maximum atomic E-state index is 14.9. The van der Waals surface area contributed by atoms with Gasteiger partial charge in [-0.05, 0) is 74.5 Å². The molecule has 0 saturated carbocycles. The van der Waals surface area contributed by atoms with Crippen LogP contribution in [0.3, 0.4) is 0 Å². The van der Waals surface area contributed by atoms with Crippen LogP contribution in [0.5, 0.6) is 0 Å². The lowest BCUT2D eigenvalue weighted by Gasteiger charge is -2.46. The molecule has 3 aliphatic heterocycles. The molecule has 6 rings (SSSR count). The maximum absolute atomic E-state index is 14.9. The Morgan fingerprint density at radius 2 is 0.607 bits per heavy atom. The van der Waals surface area contributed by atoms with Gasteiger partial charge in [0.1, 0.15) is 56.3 Å². The topological polar surface area (TPSA) is 461 Å². The molecule has 3 fully saturated rings. The highest BCUT2D eigenvalue weighted by Crippen LogP contribution is 2.43. The third kappa shape index (κ3) is 33.3. The number of ether oxygens (including phenoxy) is 15. The quantitative estimate of drug-likeness (QED) is 0.0230. The number of nitrogens with zero attached hydrogens (tertiary/aromatic N) is 2. The van der Waals surface area contributed by atoms with Crippen LogP contribution < -0.4 is 26.6 Å². The number of carbonyl (C=O) groups is 15. The minimum Gasteiger partial charge on any atom is -0.463 e. The molecule has 37 nitrogen and oxygen atoms in total. The van der Waals surface area contributed by atoms with Crippen molar-refractivity contribution < 1.29 is 143 Å². The van der Waals surface area contributed by atoms with E-state index >= 15 is 0 Å². The first-order chi connectivity index (χ1) is 58.2. The van der Waals surface area contributed by atoms with Gasteiger partial charge in [0.05, 0.1) is 5.54 Å². The van der Waals surface area contributed by atoms with Gasteiger partial charge in [0.2, 0.25) is 35.4 Å². The van der Waals surface area contributed by atoms with Gasteiger partial charge in [-0.1, -0.05) is 91.0 Å². The van der Waals surface area contributed by atoms with Crippen LogP contribution in [-0.2, 0) is 149 Å². The summed E-state index contributed by atoms with van der Waals surface area (Å²) in [6.45, 7) is 14.2. The lowest BCUT2D eigenvalue weighted by molar-refractivity contribution is -0.277. The summed E-state index contributed by atoms with van der Waals surface area (Å²) in [6.07, 6.45) is -12.4. The van der Waals surface area contributed by atoms with Crippen LogP contribution in [0.2, 0.25) is 0 Å². The predicted octanol–water partition coefficient (Wildman–Crippen LogP) is 4.04. The van der Waals surface area contributed by atoms with Crippen molar-refractivity contribution in [2.75, 3.05) is 78.9 Å². The van der Waals surface area contributed by atoms with Gasteiger partial charge in [0.15, 0.2) is 55.5 Å². The van der Waals surface area contributed by atoms with E-state index in [1.165, 1.54) is 27.7 Å². The van der Waals surface area contributed by atoms with E-state index in [1.807, 2.05) is 54.6 Å². The van der Waals surface area contributed by atoms with Crippen molar-refractivity contribution in [1.82, 2.24) is 36.4 Å². The SMILES string of the molecule is CC(=O)NC1C(OC(C)=O)[C@@H](OC(C)=O)C(COC(C)=O)O[C@H]1OCCCCC(=O)NCCCN(CCCN(CCCNC(=O)CCCCO[C@@H]1OC(COC(C)=O)[C@H](OC(C)=O)C(OC(C)=O)C1NC(C)=O)C(c1ccccc1)(c1ccccc1)c1ccccc1)C(=O)CCCCO[C@@H]1OC(COC(C)=O)[C@H](OC(C)=O)C(OC(C)=O)[C@@H]1NC(C)=O. The van der Waals surface area contributed by atoms with Crippen molar-refractivity contribution in [3.05, 3.63) is 108 Å². The van der Waals surface area contributed by atoms with E-state index in [-0.39, 0.29) is 95.8 Å². The second-order valence-electron chi connectivity index (χ2n) is 29.6. The fraction of sp³-hybridized carbons (Fsp3) is 0.612. The third-order valence-electron chi connectivity index (χ3n) is 19.6. The Labute approximate surface area is 709 Å². The van der Waals surface area contributed by atoms with Crippen LogP contribution in [0.25, 0.3) is 0 Å². The van der Waals surface area contributed by atoms with Crippen LogP contribution in [0.1, 0.15) is 177 Å². The largest absolute Gasteiger partial charge is 0.463 e. The Morgan fingerprint density at radius 1 is 0.328 bits per heavy atom. The third-order valence-corrected chi connectivity index (χ3v) is 19.6. The summed E-state index contributed by atoms with van der Waals surface area (Å²) in [6, 6.07) is 26.4. The van der Waals surface area contributed by atoms with Crippen LogP contribution in [-0.4, -0.2) is 270 Å². The molecule has 0 aliphatic carbocycles. The minimum atomic E-state index is -1.36. The first-order valence-electron chi connectivity index (χ1n) is 41.0. The van der Waals surface area contributed by atoms with Gasteiger partial charge in [-0.3, -0.25) is 76.8 Å².